The number of furan rings is 1. The smallest absolute Gasteiger partial charge is 0.238 e. The van der Waals surface area contributed by atoms with E-state index in [1.165, 1.54) is 5.56 Å². The van der Waals surface area contributed by atoms with E-state index in [0.29, 0.717) is 17.6 Å². The van der Waals surface area contributed by atoms with E-state index in [9.17, 15) is 0 Å². The highest BCUT2D eigenvalue weighted by Gasteiger charge is 2.21. The summed E-state index contributed by atoms with van der Waals surface area (Å²) in [5.74, 6) is 1.76. The maximum absolute atomic E-state index is 6.35. The van der Waals surface area contributed by atoms with Crippen molar-refractivity contribution in [3.05, 3.63) is 224 Å². The first-order valence-electron chi connectivity index (χ1n) is 22.6. The maximum atomic E-state index is 6.35. The minimum Gasteiger partial charge on any atom is -0.456 e. The molecule has 6 heteroatoms. The quantitative estimate of drug-likeness (QED) is 0.167. The Hall–Kier alpha value is -9.13. The van der Waals surface area contributed by atoms with Crippen LogP contribution in [0.3, 0.4) is 0 Å². The van der Waals surface area contributed by atoms with Gasteiger partial charge in [-0.3, -0.25) is 4.57 Å². The van der Waals surface area contributed by atoms with Crippen LogP contribution in [0.5, 0.6) is 0 Å². The van der Waals surface area contributed by atoms with E-state index in [2.05, 4.69) is 221 Å². The molecule has 0 radical (unpaired) electrons. The van der Waals surface area contributed by atoms with Gasteiger partial charge in [0.2, 0.25) is 5.95 Å². The van der Waals surface area contributed by atoms with E-state index in [-0.39, 0.29) is 0 Å². The van der Waals surface area contributed by atoms with Gasteiger partial charge in [-0.2, -0.15) is 9.97 Å². The summed E-state index contributed by atoms with van der Waals surface area (Å²) in [6, 6.07) is 79.3. The topological polar surface area (TPSA) is 61.7 Å². The number of hydrogen-bond donors (Lipinski definition) is 0. The second-order valence-electron chi connectivity index (χ2n) is 17.2. The third-order valence-electron chi connectivity index (χ3n) is 13.4. The summed E-state index contributed by atoms with van der Waals surface area (Å²) in [6.45, 7) is 0. The fourth-order valence-corrected chi connectivity index (χ4v) is 10.2. The lowest BCUT2D eigenvalue weighted by molar-refractivity contribution is 0.669. The molecule has 0 N–H and O–H groups in total. The van der Waals surface area contributed by atoms with Gasteiger partial charge in [0.05, 0.1) is 22.1 Å². The summed E-state index contributed by atoms with van der Waals surface area (Å²) in [5, 5.41) is 9.03. The Balaban J connectivity index is 1.01. The lowest BCUT2D eigenvalue weighted by Crippen LogP contribution is -2.06. The van der Waals surface area contributed by atoms with Crippen LogP contribution in [0.1, 0.15) is 0 Å². The molecule has 0 saturated carbocycles. The largest absolute Gasteiger partial charge is 0.456 e. The SMILES string of the molecule is c1ccc(-c2ccc3c4ccc(-c5nc(-c6cccc7ccccc67)nc(-n6c7ccccc7c7ccccc76)n5)cc4n(-c4cccc(-c5ccc6c(c5)oc5ccccc56)c4)c3c2)cc1. The highest BCUT2D eigenvalue weighted by atomic mass is 16.3. The minimum atomic E-state index is 0.563. The average Bonchev–Trinajstić information content (AvgIpc) is 4.05. The van der Waals surface area contributed by atoms with Crippen LogP contribution in [-0.2, 0) is 0 Å². The molecule has 6 nitrogen and oxygen atoms in total. The second-order valence-corrected chi connectivity index (χ2v) is 17.2. The molecule has 0 aliphatic carbocycles. The normalized spacial score (nSPS) is 11.9. The molecule has 0 saturated heterocycles. The van der Waals surface area contributed by atoms with E-state index in [0.717, 1.165) is 110 Å². The van der Waals surface area contributed by atoms with Crippen molar-refractivity contribution in [1.29, 1.82) is 0 Å². The van der Waals surface area contributed by atoms with Crippen LogP contribution < -0.4 is 0 Å². The second kappa shape index (κ2) is 14.7. The molecule has 0 fully saturated rings. The molecule has 0 amide bonds. The van der Waals surface area contributed by atoms with Crippen molar-refractivity contribution in [3.8, 4) is 56.7 Å². The molecule has 4 heterocycles. The van der Waals surface area contributed by atoms with Crippen molar-refractivity contribution in [2.45, 2.75) is 0 Å². The Morgan fingerprint density at radius 3 is 1.63 bits per heavy atom. The van der Waals surface area contributed by atoms with E-state index >= 15 is 0 Å². The van der Waals surface area contributed by atoms with Gasteiger partial charge < -0.3 is 8.98 Å². The number of hydrogen-bond acceptors (Lipinski definition) is 4. The Bertz CT molecular complexity index is 4230. The van der Waals surface area contributed by atoms with Crippen molar-refractivity contribution >= 4 is 76.3 Å². The molecule has 0 bridgehead atoms. The van der Waals surface area contributed by atoms with Gasteiger partial charge in [-0.25, -0.2) is 4.98 Å². The summed E-state index contributed by atoms with van der Waals surface area (Å²) in [7, 11) is 0. The number of aromatic nitrogens is 5. The summed E-state index contributed by atoms with van der Waals surface area (Å²) >= 11 is 0. The van der Waals surface area contributed by atoms with Crippen molar-refractivity contribution in [2.24, 2.45) is 0 Å². The highest BCUT2D eigenvalue weighted by molar-refractivity contribution is 6.12. The van der Waals surface area contributed by atoms with Gasteiger partial charge in [-0.05, 0) is 87.6 Å². The van der Waals surface area contributed by atoms with Crippen LogP contribution >= 0.6 is 0 Å². The Labute approximate surface area is 384 Å². The van der Waals surface area contributed by atoms with E-state index < -0.39 is 0 Å². The molecular weight excluding hydrogens is 819 g/mol. The first-order valence-corrected chi connectivity index (χ1v) is 22.6. The van der Waals surface area contributed by atoms with Crippen LogP contribution in [-0.4, -0.2) is 24.1 Å². The summed E-state index contributed by atoms with van der Waals surface area (Å²) in [6.07, 6.45) is 0. The van der Waals surface area contributed by atoms with Crippen LogP contribution in [0, 0.1) is 0 Å². The third kappa shape index (κ3) is 5.93. The zero-order valence-electron chi connectivity index (χ0n) is 36.0. The lowest BCUT2D eigenvalue weighted by Gasteiger charge is -2.13. The minimum absolute atomic E-state index is 0.563. The van der Waals surface area contributed by atoms with Crippen molar-refractivity contribution in [2.75, 3.05) is 0 Å². The van der Waals surface area contributed by atoms with Gasteiger partial charge in [0.15, 0.2) is 11.6 Å². The number of rotatable bonds is 6. The predicted octanol–water partition coefficient (Wildman–Crippen LogP) is 15.8. The molecular formula is C61H37N5O. The van der Waals surface area contributed by atoms with Crippen molar-refractivity contribution in [3.63, 3.8) is 0 Å². The standard InChI is InChI=1S/C61H37N5O/c1-2-14-38(15-3-1)41-28-31-48-49-32-30-43(36-56(49)65(55(48)35-41)44-19-12-18-40(34-44)42-29-33-51-50-23-8-11-27-57(50)67-58(51)37-42)59-62-60(52-24-13-17-39-16-4-5-20-45(39)52)64-61(63-59)66-53-25-9-6-21-46(53)47-22-7-10-26-54(47)66/h1-37H. The first kappa shape index (κ1) is 37.3. The van der Waals surface area contributed by atoms with Gasteiger partial charge in [-0.15, -0.1) is 0 Å². The van der Waals surface area contributed by atoms with Crippen LogP contribution in [0.2, 0.25) is 0 Å². The fourth-order valence-electron chi connectivity index (χ4n) is 10.2. The fraction of sp³-hybridized carbons (Fsp3) is 0. The lowest BCUT2D eigenvalue weighted by atomic mass is 10.0. The van der Waals surface area contributed by atoms with E-state index in [1.807, 2.05) is 12.1 Å². The number of benzene rings is 10. The van der Waals surface area contributed by atoms with Crippen LogP contribution in [0.15, 0.2) is 229 Å². The highest BCUT2D eigenvalue weighted by Crippen LogP contribution is 2.40. The molecule has 312 valence electrons. The Kier molecular flexibility index (Phi) is 8.18. The molecule has 0 unspecified atom stereocenters. The third-order valence-corrected chi connectivity index (χ3v) is 13.4. The summed E-state index contributed by atoms with van der Waals surface area (Å²) < 4.78 is 10.9. The zero-order chi connectivity index (χ0) is 44.0. The number of fused-ring (bicyclic) bond motifs is 10. The average molecular weight is 856 g/mol. The molecule has 14 aromatic rings. The number of para-hydroxylation sites is 3. The molecule has 0 spiro atoms. The van der Waals surface area contributed by atoms with E-state index in [1.54, 1.807) is 0 Å². The first-order chi connectivity index (χ1) is 33.2. The molecule has 0 aliphatic rings. The van der Waals surface area contributed by atoms with E-state index in [4.69, 9.17) is 19.4 Å². The molecule has 0 aliphatic heterocycles. The van der Waals surface area contributed by atoms with Crippen molar-refractivity contribution in [1.82, 2.24) is 24.1 Å². The predicted molar refractivity (Wildman–Crippen MR) is 275 cm³/mol. The summed E-state index contributed by atoms with van der Waals surface area (Å²) in [4.78, 5) is 16.1. The monoisotopic (exact) mass is 855 g/mol. The van der Waals surface area contributed by atoms with Crippen molar-refractivity contribution < 1.29 is 4.42 Å². The van der Waals surface area contributed by atoms with Gasteiger partial charge >= 0.3 is 0 Å². The number of nitrogens with zero attached hydrogens (tertiary/aromatic N) is 5. The molecule has 4 aromatic heterocycles. The maximum Gasteiger partial charge on any atom is 0.238 e. The molecule has 14 rings (SSSR count). The molecule has 10 aromatic carbocycles. The molecule has 0 atom stereocenters. The van der Waals surface area contributed by atoms with Gasteiger partial charge in [-0.1, -0.05) is 170 Å². The van der Waals surface area contributed by atoms with Gasteiger partial charge in [0, 0.05) is 49.1 Å². The van der Waals surface area contributed by atoms with Crippen LogP contribution in [0.4, 0.5) is 0 Å². The van der Waals surface area contributed by atoms with Gasteiger partial charge in [0.25, 0.3) is 0 Å². The summed E-state index contributed by atoms with van der Waals surface area (Å²) in [5.41, 5.74) is 13.4. The van der Waals surface area contributed by atoms with Crippen LogP contribution in [0.25, 0.3) is 133 Å². The zero-order valence-corrected chi connectivity index (χ0v) is 36.0. The Morgan fingerprint density at radius 1 is 0.299 bits per heavy atom. The Morgan fingerprint density at radius 2 is 0.836 bits per heavy atom. The van der Waals surface area contributed by atoms with Gasteiger partial charge in [0.1, 0.15) is 11.2 Å². The molecule has 67 heavy (non-hydrogen) atoms.